The SMILES string of the molecule is CCNC1(C(N)=O)CCCC1CCN1CCS(=O)(=O)CC1. The molecule has 1 aliphatic carbocycles. The van der Waals surface area contributed by atoms with E-state index in [1.807, 2.05) is 6.92 Å². The van der Waals surface area contributed by atoms with Crippen LogP contribution in [0.3, 0.4) is 0 Å². The lowest BCUT2D eigenvalue weighted by Gasteiger charge is -2.35. The number of sulfone groups is 1. The Kier molecular flexibility index (Phi) is 5.27. The third kappa shape index (κ3) is 3.76. The highest BCUT2D eigenvalue weighted by atomic mass is 32.2. The fourth-order valence-electron chi connectivity index (χ4n) is 3.74. The molecule has 0 radical (unpaired) electrons. The molecule has 3 N–H and O–H groups in total. The summed E-state index contributed by atoms with van der Waals surface area (Å²) >= 11 is 0. The van der Waals surface area contributed by atoms with Crippen LogP contribution in [-0.4, -0.2) is 62.4 Å². The summed E-state index contributed by atoms with van der Waals surface area (Å²) in [6.07, 6.45) is 3.75. The second-order valence-corrected chi connectivity index (χ2v) is 8.54. The quantitative estimate of drug-likeness (QED) is 0.704. The Hall–Kier alpha value is -0.660. The first-order chi connectivity index (χ1) is 9.89. The molecule has 6 nitrogen and oxygen atoms in total. The van der Waals surface area contributed by atoms with Crippen molar-refractivity contribution in [2.75, 3.05) is 37.7 Å². The van der Waals surface area contributed by atoms with E-state index in [1.54, 1.807) is 0 Å². The smallest absolute Gasteiger partial charge is 0.238 e. The number of rotatable bonds is 6. The van der Waals surface area contributed by atoms with Crippen LogP contribution in [0, 0.1) is 5.92 Å². The second-order valence-electron chi connectivity index (χ2n) is 6.24. The zero-order valence-corrected chi connectivity index (χ0v) is 13.6. The molecular weight excluding hydrogens is 290 g/mol. The van der Waals surface area contributed by atoms with Gasteiger partial charge in [-0.05, 0) is 38.3 Å². The van der Waals surface area contributed by atoms with E-state index in [4.69, 9.17) is 5.73 Å². The standard InChI is InChI=1S/C14H27N3O3S/c1-2-16-14(13(15)18)6-3-4-12(14)5-7-17-8-10-21(19,20)11-9-17/h12,16H,2-11H2,1H3,(H2,15,18). The van der Waals surface area contributed by atoms with Crippen LogP contribution >= 0.6 is 0 Å². The van der Waals surface area contributed by atoms with Crippen molar-refractivity contribution in [2.45, 2.75) is 38.1 Å². The number of hydrogen-bond donors (Lipinski definition) is 2. The highest BCUT2D eigenvalue weighted by Crippen LogP contribution is 2.38. The van der Waals surface area contributed by atoms with Crippen molar-refractivity contribution in [1.82, 2.24) is 10.2 Å². The predicted octanol–water partition coefficient (Wildman–Crippen LogP) is -0.259. The maximum atomic E-state index is 11.9. The first-order valence-corrected chi connectivity index (χ1v) is 9.69. The number of hydrogen-bond acceptors (Lipinski definition) is 5. The van der Waals surface area contributed by atoms with Gasteiger partial charge in [-0.25, -0.2) is 8.42 Å². The predicted molar refractivity (Wildman–Crippen MR) is 82.7 cm³/mol. The van der Waals surface area contributed by atoms with Crippen LogP contribution in [0.5, 0.6) is 0 Å². The topological polar surface area (TPSA) is 92.5 Å². The number of amides is 1. The Labute approximate surface area is 127 Å². The lowest BCUT2D eigenvalue weighted by Crippen LogP contribution is -2.58. The molecule has 1 aliphatic heterocycles. The zero-order valence-electron chi connectivity index (χ0n) is 12.8. The highest BCUT2D eigenvalue weighted by Gasteiger charge is 2.46. The number of carbonyl (C=O) groups excluding carboxylic acids is 1. The molecule has 1 heterocycles. The molecule has 1 saturated heterocycles. The van der Waals surface area contributed by atoms with Gasteiger partial charge in [-0.15, -0.1) is 0 Å². The van der Waals surface area contributed by atoms with Gasteiger partial charge >= 0.3 is 0 Å². The van der Waals surface area contributed by atoms with E-state index < -0.39 is 15.4 Å². The number of nitrogens with two attached hydrogens (primary N) is 1. The molecule has 122 valence electrons. The Morgan fingerprint density at radius 1 is 1.38 bits per heavy atom. The van der Waals surface area contributed by atoms with Crippen molar-refractivity contribution in [1.29, 1.82) is 0 Å². The molecule has 0 aromatic heterocycles. The van der Waals surface area contributed by atoms with Gasteiger partial charge in [0.25, 0.3) is 0 Å². The Morgan fingerprint density at radius 2 is 2.05 bits per heavy atom. The van der Waals surface area contributed by atoms with Gasteiger partial charge in [0.05, 0.1) is 11.5 Å². The van der Waals surface area contributed by atoms with Crippen LogP contribution in [0.1, 0.15) is 32.6 Å². The fraction of sp³-hybridized carbons (Fsp3) is 0.929. The summed E-state index contributed by atoms with van der Waals surface area (Å²) in [6.45, 7) is 4.80. The summed E-state index contributed by atoms with van der Waals surface area (Å²) in [5.41, 5.74) is 5.10. The monoisotopic (exact) mass is 317 g/mol. The van der Waals surface area contributed by atoms with Gasteiger partial charge in [-0.3, -0.25) is 4.79 Å². The minimum atomic E-state index is -2.83. The molecule has 0 aromatic carbocycles. The van der Waals surface area contributed by atoms with Crippen LogP contribution < -0.4 is 11.1 Å². The van der Waals surface area contributed by atoms with Gasteiger partial charge in [0.2, 0.25) is 5.91 Å². The highest BCUT2D eigenvalue weighted by molar-refractivity contribution is 7.91. The lowest BCUT2D eigenvalue weighted by molar-refractivity contribution is -0.126. The van der Waals surface area contributed by atoms with Crippen molar-refractivity contribution >= 4 is 15.7 Å². The van der Waals surface area contributed by atoms with E-state index in [2.05, 4.69) is 10.2 Å². The van der Waals surface area contributed by atoms with Gasteiger partial charge in [-0.2, -0.15) is 0 Å². The minimum Gasteiger partial charge on any atom is -0.368 e. The molecule has 0 bridgehead atoms. The largest absolute Gasteiger partial charge is 0.368 e. The molecule has 0 spiro atoms. The molecule has 2 rings (SSSR count). The van der Waals surface area contributed by atoms with Crippen LogP contribution in [0.4, 0.5) is 0 Å². The summed E-state index contributed by atoms with van der Waals surface area (Å²) in [5, 5.41) is 3.32. The summed E-state index contributed by atoms with van der Waals surface area (Å²) in [7, 11) is -2.83. The Bertz CT molecular complexity index is 466. The average molecular weight is 317 g/mol. The van der Waals surface area contributed by atoms with Gasteiger partial charge in [0, 0.05) is 13.1 Å². The van der Waals surface area contributed by atoms with Crippen molar-refractivity contribution in [3.05, 3.63) is 0 Å². The lowest BCUT2D eigenvalue weighted by atomic mass is 9.83. The molecule has 1 saturated carbocycles. The maximum Gasteiger partial charge on any atom is 0.238 e. The Morgan fingerprint density at radius 3 is 2.62 bits per heavy atom. The van der Waals surface area contributed by atoms with E-state index in [-0.39, 0.29) is 23.3 Å². The number of nitrogens with zero attached hydrogens (tertiary/aromatic N) is 1. The van der Waals surface area contributed by atoms with Gasteiger partial charge in [0.1, 0.15) is 5.54 Å². The van der Waals surface area contributed by atoms with Crippen molar-refractivity contribution < 1.29 is 13.2 Å². The second kappa shape index (κ2) is 6.62. The van der Waals surface area contributed by atoms with E-state index in [0.29, 0.717) is 13.1 Å². The molecule has 0 aromatic rings. The number of likely N-dealkylation sites (N-methyl/N-ethyl adjacent to an activating group) is 1. The molecule has 21 heavy (non-hydrogen) atoms. The normalized spacial score (nSPS) is 33.1. The molecular formula is C14H27N3O3S. The van der Waals surface area contributed by atoms with Crippen molar-refractivity contribution in [3.63, 3.8) is 0 Å². The maximum absolute atomic E-state index is 11.9. The molecule has 1 amide bonds. The zero-order chi connectivity index (χ0) is 15.5. The molecule has 2 unspecified atom stereocenters. The van der Waals surface area contributed by atoms with Crippen LogP contribution in [0.15, 0.2) is 0 Å². The van der Waals surface area contributed by atoms with Crippen LogP contribution in [0.2, 0.25) is 0 Å². The van der Waals surface area contributed by atoms with Crippen molar-refractivity contribution in [2.24, 2.45) is 11.7 Å². The summed E-state index contributed by atoms with van der Waals surface area (Å²) in [5.74, 6) is 0.527. The first kappa shape index (κ1) is 16.7. The summed E-state index contributed by atoms with van der Waals surface area (Å²) in [4.78, 5) is 14.1. The average Bonchev–Trinajstić information content (AvgIpc) is 2.82. The van der Waals surface area contributed by atoms with Crippen LogP contribution in [0.25, 0.3) is 0 Å². The number of carbonyl (C=O) groups is 1. The number of nitrogens with one attached hydrogen (secondary N) is 1. The third-order valence-corrected chi connectivity index (χ3v) is 6.59. The Balaban J connectivity index is 1.91. The molecule has 7 heteroatoms. The fourth-order valence-corrected chi connectivity index (χ4v) is 5.02. The molecule has 2 atom stereocenters. The van der Waals surface area contributed by atoms with E-state index in [9.17, 15) is 13.2 Å². The first-order valence-electron chi connectivity index (χ1n) is 7.87. The third-order valence-electron chi connectivity index (χ3n) is 4.98. The van der Waals surface area contributed by atoms with Crippen LogP contribution in [-0.2, 0) is 14.6 Å². The van der Waals surface area contributed by atoms with Gasteiger partial charge in [0.15, 0.2) is 9.84 Å². The van der Waals surface area contributed by atoms with Gasteiger partial charge < -0.3 is 16.0 Å². The van der Waals surface area contributed by atoms with Crippen molar-refractivity contribution in [3.8, 4) is 0 Å². The summed E-state index contributed by atoms with van der Waals surface area (Å²) < 4.78 is 22.9. The summed E-state index contributed by atoms with van der Waals surface area (Å²) in [6, 6.07) is 0. The minimum absolute atomic E-state index is 0.243. The van der Waals surface area contributed by atoms with E-state index in [0.717, 1.165) is 38.8 Å². The number of primary amides is 1. The van der Waals surface area contributed by atoms with E-state index >= 15 is 0 Å². The van der Waals surface area contributed by atoms with E-state index in [1.165, 1.54) is 0 Å². The molecule has 2 fully saturated rings. The molecule has 2 aliphatic rings. The van der Waals surface area contributed by atoms with Gasteiger partial charge in [-0.1, -0.05) is 13.3 Å².